The minimum atomic E-state index is -0.898. The number of amides is 1. The molecule has 0 aliphatic heterocycles. The second-order valence-electron chi connectivity index (χ2n) is 3.61. The summed E-state index contributed by atoms with van der Waals surface area (Å²) in [6.07, 6.45) is 0.694. The molecule has 0 unspecified atom stereocenters. The Labute approximate surface area is 114 Å². The van der Waals surface area contributed by atoms with Crippen LogP contribution in [0.5, 0.6) is 0 Å². The first-order chi connectivity index (χ1) is 8.51. The van der Waals surface area contributed by atoms with E-state index in [2.05, 4.69) is 4.98 Å². The SMILES string of the molecule is CCCN(CCO)C(=O)c1cc(Cl)nc(Cl)c1F. The molecule has 1 rings (SSSR count). The molecule has 1 aromatic rings. The van der Waals surface area contributed by atoms with E-state index >= 15 is 0 Å². The van der Waals surface area contributed by atoms with E-state index in [4.69, 9.17) is 28.3 Å². The fraction of sp³-hybridized carbons (Fsp3) is 0.455. The van der Waals surface area contributed by atoms with E-state index in [-0.39, 0.29) is 23.9 Å². The predicted octanol–water partition coefficient (Wildman–Crippen LogP) is 2.37. The second-order valence-corrected chi connectivity index (χ2v) is 4.36. The standard InChI is InChI=1S/C11H13Cl2FN2O2/c1-2-3-16(4-5-17)11(18)7-6-8(12)15-10(13)9(7)14/h6,17H,2-5H2,1H3. The Morgan fingerprint density at radius 2 is 2.17 bits per heavy atom. The molecule has 0 atom stereocenters. The number of pyridine rings is 1. The fourth-order valence-corrected chi connectivity index (χ4v) is 1.93. The topological polar surface area (TPSA) is 53.4 Å². The van der Waals surface area contributed by atoms with Gasteiger partial charge in [0.25, 0.3) is 5.91 Å². The van der Waals surface area contributed by atoms with Gasteiger partial charge in [0.15, 0.2) is 11.0 Å². The van der Waals surface area contributed by atoms with Gasteiger partial charge < -0.3 is 10.0 Å². The molecule has 0 fully saturated rings. The Hall–Kier alpha value is -0.910. The maximum Gasteiger partial charge on any atom is 0.257 e. The van der Waals surface area contributed by atoms with E-state index in [1.54, 1.807) is 0 Å². The van der Waals surface area contributed by atoms with Gasteiger partial charge in [-0.15, -0.1) is 0 Å². The van der Waals surface area contributed by atoms with E-state index in [1.807, 2.05) is 6.92 Å². The average Bonchev–Trinajstić information content (AvgIpc) is 2.32. The van der Waals surface area contributed by atoms with Gasteiger partial charge in [-0.05, 0) is 12.5 Å². The largest absolute Gasteiger partial charge is 0.395 e. The van der Waals surface area contributed by atoms with Crippen LogP contribution in [0.3, 0.4) is 0 Å². The first-order valence-corrected chi connectivity index (χ1v) is 6.18. The Bertz CT molecular complexity index is 437. The number of aromatic nitrogens is 1. The molecule has 100 valence electrons. The quantitative estimate of drug-likeness (QED) is 0.848. The Morgan fingerprint density at radius 3 is 2.72 bits per heavy atom. The summed E-state index contributed by atoms with van der Waals surface area (Å²) in [7, 11) is 0. The molecular formula is C11H13Cl2FN2O2. The number of aliphatic hydroxyl groups excluding tert-OH is 1. The molecule has 18 heavy (non-hydrogen) atoms. The van der Waals surface area contributed by atoms with E-state index < -0.39 is 16.9 Å². The molecule has 0 spiro atoms. The molecule has 1 heterocycles. The van der Waals surface area contributed by atoms with Crippen LogP contribution in [-0.4, -0.2) is 40.6 Å². The molecule has 0 saturated heterocycles. The van der Waals surface area contributed by atoms with Crippen molar-refractivity contribution in [2.45, 2.75) is 13.3 Å². The number of hydrogen-bond acceptors (Lipinski definition) is 3. The Kier molecular flexibility index (Phi) is 5.78. The zero-order valence-corrected chi connectivity index (χ0v) is 11.3. The minimum Gasteiger partial charge on any atom is -0.395 e. The molecule has 7 heteroatoms. The lowest BCUT2D eigenvalue weighted by Gasteiger charge is -2.21. The highest BCUT2D eigenvalue weighted by Gasteiger charge is 2.21. The number of halogens is 3. The van der Waals surface area contributed by atoms with E-state index in [9.17, 15) is 9.18 Å². The van der Waals surface area contributed by atoms with Crippen LogP contribution in [0.2, 0.25) is 10.3 Å². The van der Waals surface area contributed by atoms with Crippen LogP contribution in [0, 0.1) is 5.82 Å². The smallest absolute Gasteiger partial charge is 0.257 e. The van der Waals surface area contributed by atoms with E-state index in [1.165, 1.54) is 4.90 Å². The number of rotatable bonds is 5. The van der Waals surface area contributed by atoms with Gasteiger partial charge in [0.1, 0.15) is 5.15 Å². The van der Waals surface area contributed by atoms with Crippen molar-refractivity contribution in [1.29, 1.82) is 0 Å². The number of carbonyl (C=O) groups excluding carboxylic acids is 1. The minimum absolute atomic E-state index is 0.0507. The molecule has 1 aromatic heterocycles. The lowest BCUT2D eigenvalue weighted by Crippen LogP contribution is -2.34. The van der Waals surface area contributed by atoms with Gasteiger partial charge in [0.05, 0.1) is 12.2 Å². The van der Waals surface area contributed by atoms with Gasteiger partial charge in [-0.3, -0.25) is 4.79 Å². The van der Waals surface area contributed by atoms with Crippen molar-refractivity contribution in [3.63, 3.8) is 0 Å². The summed E-state index contributed by atoms with van der Waals surface area (Å²) >= 11 is 11.2. The van der Waals surface area contributed by atoms with Crippen LogP contribution in [0.1, 0.15) is 23.7 Å². The second kappa shape index (κ2) is 6.87. The highest BCUT2D eigenvalue weighted by atomic mass is 35.5. The van der Waals surface area contributed by atoms with Crippen molar-refractivity contribution in [1.82, 2.24) is 9.88 Å². The molecule has 0 aromatic carbocycles. The summed E-state index contributed by atoms with van der Waals surface area (Å²) in [6.45, 7) is 2.22. The zero-order chi connectivity index (χ0) is 13.7. The highest BCUT2D eigenvalue weighted by Crippen LogP contribution is 2.21. The molecular weight excluding hydrogens is 282 g/mol. The van der Waals surface area contributed by atoms with Crippen LogP contribution < -0.4 is 0 Å². The fourth-order valence-electron chi connectivity index (χ4n) is 1.50. The summed E-state index contributed by atoms with van der Waals surface area (Å²) in [5.41, 5.74) is -0.234. The van der Waals surface area contributed by atoms with Gasteiger partial charge in [-0.2, -0.15) is 0 Å². The molecule has 1 N–H and O–H groups in total. The Balaban J connectivity index is 3.07. The zero-order valence-electron chi connectivity index (χ0n) is 9.79. The van der Waals surface area contributed by atoms with Crippen molar-refractivity contribution in [2.24, 2.45) is 0 Å². The van der Waals surface area contributed by atoms with Crippen molar-refractivity contribution in [2.75, 3.05) is 19.7 Å². The molecule has 0 radical (unpaired) electrons. The number of nitrogens with zero attached hydrogens (tertiary/aromatic N) is 2. The third kappa shape index (κ3) is 3.54. The maximum absolute atomic E-state index is 13.7. The third-order valence-electron chi connectivity index (χ3n) is 2.27. The van der Waals surface area contributed by atoms with Crippen LogP contribution >= 0.6 is 23.2 Å². The molecule has 0 aliphatic rings. The van der Waals surface area contributed by atoms with Crippen LogP contribution in [0.15, 0.2) is 6.07 Å². The summed E-state index contributed by atoms with van der Waals surface area (Å²) < 4.78 is 13.7. The van der Waals surface area contributed by atoms with Crippen LogP contribution in [0.4, 0.5) is 4.39 Å². The average molecular weight is 295 g/mol. The highest BCUT2D eigenvalue weighted by molar-refractivity contribution is 6.33. The summed E-state index contributed by atoms with van der Waals surface area (Å²) in [5.74, 6) is -1.46. The van der Waals surface area contributed by atoms with Crippen LogP contribution in [0.25, 0.3) is 0 Å². The molecule has 0 saturated carbocycles. The maximum atomic E-state index is 13.7. The number of hydrogen-bond donors (Lipinski definition) is 1. The normalized spacial score (nSPS) is 10.5. The van der Waals surface area contributed by atoms with Gasteiger partial charge in [-0.25, -0.2) is 9.37 Å². The number of carbonyl (C=O) groups is 1. The van der Waals surface area contributed by atoms with Gasteiger partial charge in [0, 0.05) is 13.1 Å². The third-order valence-corrected chi connectivity index (χ3v) is 2.71. The van der Waals surface area contributed by atoms with Crippen molar-refractivity contribution < 1.29 is 14.3 Å². The predicted molar refractivity (Wildman–Crippen MR) is 67.5 cm³/mol. The van der Waals surface area contributed by atoms with E-state index in [0.717, 1.165) is 6.07 Å². The van der Waals surface area contributed by atoms with Crippen molar-refractivity contribution in [3.8, 4) is 0 Å². The Morgan fingerprint density at radius 1 is 1.50 bits per heavy atom. The summed E-state index contributed by atoms with van der Waals surface area (Å²) in [4.78, 5) is 16.9. The van der Waals surface area contributed by atoms with E-state index in [0.29, 0.717) is 13.0 Å². The first kappa shape index (κ1) is 15.1. The molecule has 4 nitrogen and oxygen atoms in total. The lowest BCUT2D eigenvalue weighted by molar-refractivity contribution is 0.0717. The molecule has 1 amide bonds. The van der Waals surface area contributed by atoms with Crippen molar-refractivity contribution in [3.05, 3.63) is 27.8 Å². The summed E-state index contributed by atoms with van der Waals surface area (Å²) in [6, 6.07) is 1.13. The van der Waals surface area contributed by atoms with Crippen LogP contribution in [-0.2, 0) is 0 Å². The first-order valence-electron chi connectivity index (χ1n) is 5.43. The number of aliphatic hydroxyl groups is 1. The van der Waals surface area contributed by atoms with Gasteiger partial charge in [-0.1, -0.05) is 30.1 Å². The summed E-state index contributed by atoms with van der Waals surface area (Å²) in [5, 5.41) is 8.40. The monoisotopic (exact) mass is 294 g/mol. The lowest BCUT2D eigenvalue weighted by atomic mass is 10.2. The van der Waals surface area contributed by atoms with Gasteiger partial charge >= 0.3 is 0 Å². The van der Waals surface area contributed by atoms with Crippen molar-refractivity contribution >= 4 is 29.1 Å². The molecule has 0 aliphatic carbocycles. The van der Waals surface area contributed by atoms with Gasteiger partial charge in [0.2, 0.25) is 0 Å². The molecule has 0 bridgehead atoms.